The third kappa shape index (κ3) is 6.18. The summed E-state index contributed by atoms with van der Waals surface area (Å²) in [6.45, 7) is 6.72. The molecule has 0 spiro atoms. The van der Waals surface area contributed by atoms with Crippen LogP contribution in [0.4, 0.5) is 5.69 Å². The minimum absolute atomic E-state index is 0.114. The zero-order valence-electron chi connectivity index (χ0n) is 19.7. The van der Waals surface area contributed by atoms with Crippen LogP contribution in [0, 0.1) is 12.8 Å². The Morgan fingerprint density at radius 1 is 1.03 bits per heavy atom. The van der Waals surface area contributed by atoms with Gasteiger partial charge in [0.15, 0.2) is 0 Å². The number of sulfonamides is 1. The molecular formula is C26H29BrN2O4S. The minimum atomic E-state index is -3.89. The monoisotopic (exact) mass is 544 g/mol. The van der Waals surface area contributed by atoms with Gasteiger partial charge in [0.05, 0.1) is 28.7 Å². The number of benzene rings is 3. The van der Waals surface area contributed by atoms with Crippen LogP contribution in [0.2, 0.25) is 0 Å². The van der Waals surface area contributed by atoms with Gasteiger partial charge in [-0.25, -0.2) is 8.42 Å². The van der Waals surface area contributed by atoms with Crippen LogP contribution in [0.3, 0.4) is 0 Å². The lowest BCUT2D eigenvalue weighted by atomic mass is 10.1. The van der Waals surface area contributed by atoms with Gasteiger partial charge in [0.1, 0.15) is 5.75 Å². The van der Waals surface area contributed by atoms with E-state index in [1.807, 2.05) is 32.9 Å². The normalized spacial score (nSPS) is 11.4. The Morgan fingerprint density at radius 2 is 1.68 bits per heavy atom. The number of hydrogen-bond donors (Lipinski definition) is 1. The Labute approximate surface area is 210 Å². The van der Waals surface area contributed by atoms with E-state index in [1.165, 1.54) is 23.5 Å². The van der Waals surface area contributed by atoms with Gasteiger partial charge in [-0.05, 0) is 76.8 Å². The molecule has 0 aliphatic rings. The summed E-state index contributed by atoms with van der Waals surface area (Å²) in [5.41, 5.74) is 2.88. The Hall–Kier alpha value is -2.84. The van der Waals surface area contributed by atoms with E-state index < -0.39 is 10.0 Å². The topological polar surface area (TPSA) is 75.7 Å². The average Bonchev–Trinajstić information content (AvgIpc) is 2.82. The van der Waals surface area contributed by atoms with Gasteiger partial charge in [-0.3, -0.25) is 9.10 Å². The van der Waals surface area contributed by atoms with Crippen molar-refractivity contribution in [1.82, 2.24) is 5.32 Å². The van der Waals surface area contributed by atoms with Gasteiger partial charge in [0.2, 0.25) is 0 Å². The third-order valence-corrected chi connectivity index (χ3v) is 7.64. The SMILES string of the molecule is COc1ccc(S(=O)(=O)N(Cc2ccc(C(=O)NCC(C)C)cc2)c2ccc(C)cc2)cc1Br. The van der Waals surface area contributed by atoms with Crippen LogP contribution < -0.4 is 14.4 Å². The fourth-order valence-electron chi connectivity index (χ4n) is 3.29. The van der Waals surface area contributed by atoms with Crippen molar-refractivity contribution in [3.8, 4) is 5.75 Å². The maximum Gasteiger partial charge on any atom is 0.264 e. The van der Waals surface area contributed by atoms with E-state index in [9.17, 15) is 13.2 Å². The molecule has 0 saturated heterocycles. The molecule has 3 rings (SSSR count). The van der Waals surface area contributed by atoms with Crippen molar-refractivity contribution in [1.29, 1.82) is 0 Å². The molecule has 0 fully saturated rings. The Bertz CT molecular complexity index is 1240. The summed E-state index contributed by atoms with van der Waals surface area (Å²) in [6.07, 6.45) is 0. The second kappa shape index (κ2) is 11.1. The first-order chi connectivity index (χ1) is 16.1. The second-order valence-electron chi connectivity index (χ2n) is 8.44. The standard InChI is InChI=1S/C26H29BrN2O4S/c1-18(2)16-28-26(30)21-9-7-20(8-10-21)17-29(22-11-5-19(3)6-12-22)34(31,32)23-13-14-25(33-4)24(27)15-23/h5-15,18H,16-17H2,1-4H3,(H,28,30). The number of ether oxygens (including phenoxy) is 1. The molecule has 3 aromatic carbocycles. The number of halogens is 1. The molecule has 0 heterocycles. The van der Waals surface area contributed by atoms with Gasteiger partial charge < -0.3 is 10.1 Å². The van der Waals surface area contributed by atoms with E-state index in [-0.39, 0.29) is 17.3 Å². The van der Waals surface area contributed by atoms with Crippen molar-refractivity contribution >= 4 is 37.5 Å². The molecule has 1 N–H and O–H groups in total. The van der Waals surface area contributed by atoms with E-state index in [2.05, 4.69) is 21.2 Å². The number of rotatable bonds is 9. The van der Waals surface area contributed by atoms with Gasteiger partial charge in [-0.1, -0.05) is 43.7 Å². The molecule has 0 aromatic heterocycles. The molecule has 0 aliphatic carbocycles. The molecule has 6 nitrogen and oxygen atoms in total. The predicted octanol–water partition coefficient (Wildman–Crippen LogP) is 5.55. The number of amides is 1. The number of aryl methyl sites for hydroxylation is 1. The highest BCUT2D eigenvalue weighted by Crippen LogP contribution is 2.31. The smallest absolute Gasteiger partial charge is 0.264 e. The van der Waals surface area contributed by atoms with Gasteiger partial charge in [-0.15, -0.1) is 0 Å². The van der Waals surface area contributed by atoms with Crippen molar-refractivity contribution in [2.24, 2.45) is 5.92 Å². The third-order valence-electron chi connectivity index (χ3n) is 5.25. The fourth-order valence-corrected chi connectivity index (χ4v) is 5.46. The van der Waals surface area contributed by atoms with Crippen molar-refractivity contribution in [3.63, 3.8) is 0 Å². The van der Waals surface area contributed by atoms with E-state index in [1.54, 1.807) is 42.5 Å². The highest BCUT2D eigenvalue weighted by atomic mass is 79.9. The van der Waals surface area contributed by atoms with Gasteiger partial charge in [-0.2, -0.15) is 0 Å². The Kier molecular flexibility index (Phi) is 8.38. The lowest BCUT2D eigenvalue weighted by molar-refractivity contribution is 0.0949. The average molecular weight is 545 g/mol. The van der Waals surface area contributed by atoms with Crippen LogP contribution in [-0.4, -0.2) is 28.0 Å². The van der Waals surface area contributed by atoms with Crippen molar-refractivity contribution < 1.29 is 17.9 Å². The predicted molar refractivity (Wildman–Crippen MR) is 139 cm³/mol. The fraction of sp³-hybridized carbons (Fsp3) is 0.269. The summed E-state index contributed by atoms with van der Waals surface area (Å²) in [6, 6.07) is 19.0. The molecule has 0 radical (unpaired) electrons. The molecule has 0 unspecified atom stereocenters. The van der Waals surface area contributed by atoms with Crippen molar-refractivity contribution in [2.45, 2.75) is 32.2 Å². The van der Waals surface area contributed by atoms with E-state index in [0.29, 0.717) is 33.9 Å². The summed E-state index contributed by atoms with van der Waals surface area (Å²) >= 11 is 3.38. The Balaban J connectivity index is 1.94. The van der Waals surface area contributed by atoms with E-state index in [0.717, 1.165) is 11.1 Å². The minimum Gasteiger partial charge on any atom is -0.496 e. The highest BCUT2D eigenvalue weighted by molar-refractivity contribution is 9.10. The zero-order chi connectivity index (χ0) is 24.9. The first-order valence-electron chi connectivity index (χ1n) is 10.9. The van der Waals surface area contributed by atoms with Crippen LogP contribution in [0.25, 0.3) is 0 Å². The summed E-state index contributed by atoms with van der Waals surface area (Å²) in [5.74, 6) is 0.757. The maximum atomic E-state index is 13.7. The van der Waals surface area contributed by atoms with Crippen LogP contribution in [0.1, 0.15) is 35.3 Å². The number of carbonyl (C=O) groups is 1. The summed E-state index contributed by atoms with van der Waals surface area (Å²) < 4.78 is 34.6. The highest BCUT2D eigenvalue weighted by Gasteiger charge is 2.26. The quantitative estimate of drug-likeness (QED) is 0.383. The molecule has 0 bridgehead atoms. The van der Waals surface area contributed by atoms with Crippen molar-refractivity contribution in [2.75, 3.05) is 18.0 Å². The van der Waals surface area contributed by atoms with Crippen LogP contribution in [-0.2, 0) is 16.6 Å². The summed E-state index contributed by atoms with van der Waals surface area (Å²) in [5, 5.41) is 2.89. The Morgan fingerprint density at radius 3 is 2.24 bits per heavy atom. The van der Waals surface area contributed by atoms with Crippen LogP contribution >= 0.6 is 15.9 Å². The molecule has 0 saturated carbocycles. The number of anilines is 1. The molecule has 180 valence electrons. The molecular weight excluding hydrogens is 516 g/mol. The van der Waals surface area contributed by atoms with Crippen LogP contribution in [0.5, 0.6) is 5.75 Å². The van der Waals surface area contributed by atoms with Crippen molar-refractivity contribution in [3.05, 3.63) is 87.9 Å². The number of hydrogen-bond acceptors (Lipinski definition) is 4. The van der Waals surface area contributed by atoms with Gasteiger partial charge >= 0.3 is 0 Å². The number of carbonyl (C=O) groups excluding carboxylic acids is 1. The van der Waals surface area contributed by atoms with E-state index >= 15 is 0 Å². The van der Waals surface area contributed by atoms with Crippen LogP contribution in [0.15, 0.2) is 76.1 Å². The maximum absolute atomic E-state index is 13.7. The lowest BCUT2D eigenvalue weighted by Gasteiger charge is -2.25. The number of nitrogens with zero attached hydrogens (tertiary/aromatic N) is 1. The molecule has 3 aromatic rings. The zero-order valence-corrected chi connectivity index (χ0v) is 22.1. The largest absolute Gasteiger partial charge is 0.496 e. The molecule has 34 heavy (non-hydrogen) atoms. The number of methoxy groups -OCH3 is 1. The molecule has 0 aliphatic heterocycles. The summed E-state index contributed by atoms with van der Waals surface area (Å²) in [4.78, 5) is 12.5. The summed E-state index contributed by atoms with van der Waals surface area (Å²) in [7, 11) is -2.36. The second-order valence-corrected chi connectivity index (χ2v) is 11.2. The van der Waals surface area contributed by atoms with Gasteiger partial charge in [0.25, 0.3) is 15.9 Å². The molecule has 8 heteroatoms. The van der Waals surface area contributed by atoms with Gasteiger partial charge in [0, 0.05) is 12.1 Å². The van der Waals surface area contributed by atoms with E-state index in [4.69, 9.17) is 4.74 Å². The first-order valence-corrected chi connectivity index (χ1v) is 13.1. The molecule has 0 atom stereocenters. The first kappa shape index (κ1) is 25.8. The molecule has 1 amide bonds. The number of nitrogens with one attached hydrogen (secondary N) is 1. The lowest BCUT2D eigenvalue weighted by Crippen LogP contribution is -2.30.